The Labute approximate surface area is 176 Å². The van der Waals surface area contributed by atoms with Crippen molar-refractivity contribution in [3.8, 4) is 0 Å². The Morgan fingerprint density at radius 1 is 1.20 bits per heavy atom. The molecule has 1 unspecified atom stereocenters. The number of fused-ring (bicyclic) bond motifs is 2. The van der Waals surface area contributed by atoms with Crippen LogP contribution in [0.25, 0.3) is 0 Å². The molecule has 1 N–H and O–H groups in total. The van der Waals surface area contributed by atoms with Gasteiger partial charge in [-0.1, -0.05) is 12.8 Å². The number of anilines is 4. The zero-order valence-electron chi connectivity index (χ0n) is 17.4. The van der Waals surface area contributed by atoms with Crippen LogP contribution in [0.3, 0.4) is 0 Å². The van der Waals surface area contributed by atoms with Gasteiger partial charge in [0.25, 0.3) is 0 Å². The highest BCUT2D eigenvalue weighted by molar-refractivity contribution is 6.03. The highest BCUT2D eigenvalue weighted by Gasteiger charge is 2.37. The average Bonchev–Trinajstić information content (AvgIpc) is 3.43. The van der Waals surface area contributed by atoms with Crippen molar-refractivity contribution in [1.29, 1.82) is 0 Å². The van der Waals surface area contributed by atoms with Gasteiger partial charge < -0.3 is 19.9 Å². The Bertz CT molecular complexity index is 1020. The van der Waals surface area contributed by atoms with Crippen LogP contribution < -0.4 is 15.1 Å². The van der Waals surface area contributed by atoms with Gasteiger partial charge in [0.1, 0.15) is 11.9 Å². The molecule has 156 valence electrons. The Balaban J connectivity index is 1.51. The smallest absolute Gasteiger partial charge is 0.337 e. The minimum atomic E-state index is -0.319. The molecule has 1 atom stereocenters. The Morgan fingerprint density at radius 2 is 2.00 bits per heavy atom. The van der Waals surface area contributed by atoms with E-state index in [0.717, 1.165) is 54.4 Å². The van der Waals surface area contributed by atoms with Crippen LogP contribution in [0.15, 0.2) is 30.3 Å². The van der Waals surface area contributed by atoms with E-state index in [1.807, 2.05) is 31.2 Å². The fourth-order valence-electron chi connectivity index (χ4n) is 4.99. The molecule has 3 aliphatic rings. The molecule has 30 heavy (non-hydrogen) atoms. The number of carbonyl (C=O) groups excluding carboxylic acids is 2. The number of ether oxygens (including phenoxy) is 1. The molecule has 1 amide bonds. The summed E-state index contributed by atoms with van der Waals surface area (Å²) in [5.74, 6) is 1.45. The number of nitrogens with zero attached hydrogens (tertiary/aromatic N) is 3. The third kappa shape index (κ3) is 3.00. The summed E-state index contributed by atoms with van der Waals surface area (Å²) in [6, 6.07) is 9.74. The van der Waals surface area contributed by atoms with Gasteiger partial charge in [0.05, 0.1) is 18.4 Å². The van der Waals surface area contributed by atoms with E-state index in [0.29, 0.717) is 11.6 Å². The van der Waals surface area contributed by atoms with Crippen molar-refractivity contribution in [2.75, 3.05) is 28.8 Å². The van der Waals surface area contributed by atoms with Crippen LogP contribution in [0.5, 0.6) is 0 Å². The van der Waals surface area contributed by atoms with Gasteiger partial charge in [-0.15, -0.1) is 0 Å². The second kappa shape index (κ2) is 7.31. The van der Waals surface area contributed by atoms with Crippen LogP contribution in [0.1, 0.15) is 48.5 Å². The molecule has 1 aromatic heterocycles. The summed E-state index contributed by atoms with van der Waals surface area (Å²) in [6.45, 7) is 2.77. The van der Waals surface area contributed by atoms with Crippen LogP contribution in [0.2, 0.25) is 0 Å². The minimum Gasteiger partial charge on any atom is -0.465 e. The molecule has 1 fully saturated rings. The molecule has 1 aliphatic carbocycles. The van der Waals surface area contributed by atoms with E-state index in [9.17, 15) is 9.59 Å². The molecule has 7 nitrogen and oxygen atoms in total. The number of aromatic nitrogens is 1. The first-order chi connectivity index (χ1) is 14.6. The molecule has 7 heteroatoms. The quantitative estimate of drug-likeness (QED) is 0.785. The monoisotopic (exact) mass is 406 g/mol. The van der Waals surface area contributed by atoms with Gasteiger partial charge in [0.2, 0.25) is 5.91 Å². The van der Waals surface area contributed by atoms with Gasteiger partial charge in [0.15, 0.2) is 5.82 Å². The first-order valence-electron chi connectivity index (χ1n) is 10.7. The van der Waals surface area contributed by atoms with Gasteiger partial charge in [-0.3, -0.25) is 4.79 Å². The molecule has 1 aromatic carbocycles. The number of hydrogen-bond donors (Lipinski definition) is 1. The van der Waals surface area contributed by atoms with Crippen molar-refractivity contribution < 1.29 is 14.3 Å². The van der Waals surface area contributed by atoms with Crippen LogP contribution >= 0.6 is 0 Å². The molecule has 2 aromatic rings. The Morgan fingerprint density at radius 3 is 2.77 bits per heavy atom. The normalized spacial score (nSPS) is 20.7. The lowest BCUT2D eigenvalue weighted by Crippen LogP contribution is -2.51. The van der Waals surface area contributed by atoms with Crippen molar-refractivity contribution in [3.05, 3.63) is 41.5 Å². The van der Waals surface area contributed by atoms with E-state index < -0.39 is 0 Å². The zero-order chi connectivity index (χ0) is 20.8. The minimum absolute atomic E-state index is 0.0332. The van der Waals surface area contributed by atoms with Crippen LogP contribution in [0.4, 0.5) is 23.0 Å². The number of hydrogen-bond acceptors (Lipinski definition) is 6. The van der Waals surface area contributed by atoms with E-state index in [-0.39, 0.29) is 17.9 Å². The van der Waals surface area contributed by atoms with Crippen LogP contribution in [-0.2, 0) is 16.0 Å². The fourth-order valence-corrected chi connectivity index (χ4v) is 4.99. The van der Waals surface area contributed by atoms with Crippen molar-refractivity contribution in [2.24, 2.45) is 0 Å². The SMILES string of the molecule is COC(=O)c1ccc2c(c1)CCN2c1ccc2c(n1)N(C1CCCC1)C(C)C(=O)N2. The number of esters is 1. The van der Waals surface area contributed by atoms with Crippen molar-refractivity contribution in [2.45, 2.75) is 51.1 Å². The number of methoxy groups -OCH3 is 1. The molecule has 2 aliphatic heterocycles. The Hall–Kier alpha value is -3.09. The lowest BCUT2D eigenvalue weighted by Gasteiger charge is -2.39. The molecular formula is C23H26N4O3. The summed E-state index contributed by atoms with van der Waals surface area (Å²) in [7, 11) is 1.40. The predicted molar refractivity (Wildman–Crippen MR) is 116 cm³/mol. The molecule has 1 saturated carbocycles. The molecule has 0 radical (unpaired) electrons. The largest absolute Gasteiger partial charge is 0.465 e. The maximum Gasteiger partial charge on any atom is 0.337 e. The average molecular weight is 406 g/mol. The second-order valence-corrected chi connectivity index (χ2v) is 8.29. The molecule has 0 spiro atoms. The number of nitrogens with one attached hydrogen (secondary N) is 1. The van der Waals surface area contributed by atoms with E-state index in [2.05, 4.69) is 15.1 Å². The van der Waals surface area contributed by atoms with E-state index in [1.54, 1.807) is 6.07 Å². The number of benzene rings is 1. The summed E-state index contributed by atoms with van der Waals surface area (Å²) in [5, 5.41) is 3.01. The van der Waals surface area contributed by atoms with E-state index in [1.165, 1.54) is 20.0 Å². The fraction of sp³-hybridized carbons (Fsp3) is 0.435. The topological polar surface area (TPSA) is 74.8 Å². The molecule has 0 saturated heterocycles. The Kier molecular flexibility index (Phi) is 4.60. The van der Waals surface area contributed by atoms with E-state index in [4.69, 9.17) is 9.72 Å². The number of carbonyl (C=O) groups is 2. The molecule has 0 bridgehead atoms. The highest BCUT2D eigenvalue weighted by atomic mass is 16.5. The lowest BCUT2D eigenvalue weighted by molar-refractivity contribution is -0.117. The standard InChI is InChI=1S/C23H26N4O3/c1-14-22(28)24-18-8-10-20(25-21(18)27(14)17-5-3-4-6-17)26-12-11-15-13-16(23(29)30-2)7-9-19(15)26/h7-10,13-14,17H,3-6,11-12H2,1-2H3,(H,24,28). The summed E-state index contributed by atoms with van der Waals surface area (Å²) in [6.07, 6.45) is 5.45. The third-order valence-electron chi connectivity index (χ3n) is 6.55. The van der Waals surface area contributed by atoms with Crippen LogP contribution in [-0.4, -0.2) is 42.6 Å². The number of pyridine rings is 1. The van der Waals surface area contributed by atoms with Gasteiger partial charge >= 0.3 is 5.97 Å². The van der Waals surface area contributed by atoms with Crippen molar-refractivity contribution in [1.82, 2.24) is 4.98 Å². The van der Waals surface area contributed by atoms with Gasteiger partial charge in [-0.25, -0.2) is 9.78 Å². The summed E-state index contributed by atoms with van der Waals surface area (Å²) in [5.41, 5.74) is 3.54. The van der Waals surface area contributed by atoms with Crippen LogP contribution in [0, 0.1) is 0 Å². The lowest BCUT2D eigenvalue weighted by atomic mass is 10.1. The predicted octanol–water partition coefficient (Wildman–Crippen LogP) is 3.65. The first-order valence-corrected chi connectivity index (χ1v) is 10.7. The van der Waals surface area contributed by atoms with Gasteiger partial charge in [0, 0.05) is 18.3 Å². The molecular weight excluding hydrogens is 380 g/mol. The zero-order valence-corrected chi connectivity index (χ0v) is 17.4. The number of rotatable bonds is 3. The highest BCUT2D eigenvalue weighted by Crippen LogP contribution is 2.40. The summed E-state index contributed by atoms with van der Waals surface area (Å²) in [4.78, 5) is 33.8. The number of amides is 1. The van der Waals surface area contributed by atoms with Crippen molar-refractivity contribution in [3.63, 3.8) is 0 Å². The maximum atomic E-state index is 12.5. The van der Waals surface area contributed by atoms with E-state index >= 15 is 0 Å². The maximum absolute atomic E-state index is 12.5. The summed E-state index contributed by atoms with van der Waals surface area (Å²) < 4.78 is 4.84. The molecule has 3 heterocycles. The second-order valence-electron chi connectivity index (χ2n) is 8.29. The third-order valence-corrected chi connectivity index (χ3v) is 6.55. The van der Waals surface area contributed by atoms with Gasteiger partial charge in [-0.2, -0.15) is 0 Å². The summed E-state index contributed by atoms with van der Waals surface area (Å²) >= 11 is 0. The van der Waals surface area contributed by atoms with Gasteiger partial charge in [-0.05, 0) is 62.1 Å². The first kappa shape index (κ1) is 18.9. The molecule has 5 rings (SSSR count). The van der Waals surface area contributed by atoms with Crippen molar-refractivity contribution >= 4 is 34.9 Å².